The number of ketones is 1. The maximum absolute atomic E-state index is 10.7. The van der Waals surface area contributed by atoms with Crippen LogP contribution in [0.4, 0.5) is 0 Å². The Morgan fingerprint density at radius 2 is 1.73 bits per heavy atom. The van der Waals surface area contributed by atoms with E-state index in [2.05, 4.69) is 12.6 Å². The molecule has 11 heavy (non-hydrogen) atoms. The van der Waals surface area contributed by atoms with Gasteiger partial charge in [-0.3, -0.25) is 4.79 Å². The smallest absolute Gasteiger partial charge is 0.159 e. The number of carbonyl (C=O) groups is 1. The number of benzene rings is 1. The first-order chi connectivity index (χ1) is 4.70. The van der Waals surface area contributed by atoms with Crippen molar-refractivity contribution < 1.29 is 4.79 Å². The summed E-state index contributed by atoms with van der Waals surface area (Å²) >= 11 is 4.09. The van der Waals surface area contributed by atoms with Crippen LogP contribution in [-0.4, -0.2) is 5.78 Å². The van der Waals surface area contributed by atoms with E-state index in [4.69, 9.17) is 0 Å². The third kappa shape index (κ3) is 2.76. The molecule has 1 nitrogen and oxygen atoms in total. The second-order valence-corrected chi connectivity index (χ2v) is 2.62. The normalized spacial score (nSPS) is 8.55. The minimum atomic E-state index is 0. The molecule has 2 heteroatoms. The fourth-order valence-corrected chi connectivity index (χ4v) is 0.845. The zero-order chi connectivity index (χ0) is 7.56. The van der Waals surface area contributed by atoms with Gasteiger partial charge in [-0.25, -0.2) is 0 Å². The van der Waals surface area contributed by atoms with Crippen molar-refractivity contribution >= 4 is 18.4 Å². The minimum Gasteiger partial charge on any atom is -0.295 e. The molecular weight excluding hydrogens is 156 g/mol. The van der Waals surface area contributed by atoms with Crippen molar-refractivity contribution in [3.8, 4) is 0 Å². The molecule has 60 valence electrons. The molecule has 0 fully saturated rings. The van der Waals surface area contributed by atoms with Crippen LogP contribution in [0.1, 0.15) is 24.7 Å². The van der Waals surface area contributed by atoms with Gasteiger partial charge in [0, 0.05) is 10.5 Å². The Morgan fingerprint density at radius 1 is 1.27 bits per heavy atom. The zero-order valence-corrected chi connectivity index (χ0v) is 6.56. The van der Waals surface area contributed by atoms with E-state index < -0.39 is 0 Å². The lowest BCUT2D eigenvalue weighted by Gasteiger charge is -1.93. The molecule has 0 amide bonds. The molecule has 0 heterocycles. The van der Waals surface area contributed by atoms with Crippen LogP contribution in [0.3, 0.4) is 0 Å². The maximum atomic E-state index is 10.7. The highest BCUT2D eigenvalue weighted by Gasteiger charge is 1.95. The zero-order valence-electron chi connectivity index (χ0n) is 5.66. The SMILES string of the molecule is C.CC(=O)c1ccc(S)cc1. The van der Waals surface area contributed by atoms with Crippen LogP contribution >= 0.6 is 12.6 Å². The standard InChI is InChI=1S/C8H8OS.CH4/c1-6(9)7-2-4-8(10)5-3-7;/h2-5,10H,1H3;1H4. The minimum absolute atomic E-state index is 0. The van der Waals surface area contributed by atoms with Crippen LogP contribution in [0.5, 0.6) is 0 Å². The first-order valence-corrected chi connectivity index (χ1v) is 3.45. The Labute approximate surface area is 72.8 Å². The highest BCUT2D eigenvalue weighted by atomic mass is 32.1. The average molecular weight is 168 g/mol. The van der Waals surface area contributed by atoms with E-state index in [1.54, 1.807) is 31.2 Å². The Kier molecular flexibility index (Phi) is 3.90. The van der Waals surface area contributed by atoms with Gasteiger partial charge in [-0.1, -0.05) is 19.6 Å². The number of hydrogen-bond donors (Lipinski definition) is 1. The van der Waals surface area contributed by atoms with E-state index in [0.717, 1.165) is 10.5 Å². The van der Waals surface area contributed by atoms with Crippen LogP contribution < -0.4 is 0 Å². The molecule has 0 bridgehead atoms. The summed E-state index contributed by atoms with van der Waals surface area (Å²) in [5, 5.41) is 0. The van der Waals surface area contributed by atoms with Gasteiger partial charge in [-0.05, 0) is 19.1 Å². The Bertz CT molecular complexity index is 238. The van der Waals surface area contributed by atoms with Crippen LogP contribution in [0, 0.1) is 0 Å². The van der Waals surface area contributed by atoms with Crippen molar-refractivity contribution in [3.05, 3.63) is 29.8 Å². The maximum Gasteiger partial charge on any atom is 0.159 e. The van der Waals surface area contributed by atoms with Crippen molar-refractivity contribution in [1.29, 1.82) is 0 Å². The summed E-state index contributed by atoms with van der Waals surface area (Å²) < 4.78 is 0. The molecule has 0 aliphatic rings. The van der Waals surface area contributed by atoms with E-state index >= 15 is 0 Å². The lowest BCUT2D eigenvalue weighted by molar-refractivity contribution is 0.101. The fraction of sp³-hybridized carbons (Fsp3) is 0.222. The van der Waals surface area contributed by atoms with Gasteiger partial charge >= 0.3 is 0 Å². The van der Waals surface area contributed by atoms with E-state index in [-0.39, 0.29) is 13.2 Å². The molecule has 0 aromatic heterocycles. The molecule has 0 saturated heterocycles. The van der Waals surface area contributed by atoms with Crippen LogP contribution in [0.25, 0.3) is 0 Å². The largest absolute Gasteiger partial charge is 0.295 e. The highest BCUT2D eigenvalue weighted by molar-refractivity contribution is 7.80. The van der Waals surface area contributed by atoms with Crippen molar-refractivity contribution in [2.45, 2.75) is 19.2 Å². The van der Waals surface area contributed by atoms with Crippen molar-refractivity contribution in [2.24, 2.45) is 0 Å². The van der Waals surface area contributed by atoms with E-state index in [0.29, 0.717) is 0 Å². The number of thiol groups is 1. The molecule has 1 rings (SSSR count). The molecule has 1 aromatic carbocycles. The Hall–Kier alpha value is -0.760. The van der Waals surface area contributed by atoms with Crippen LogP contribution in [0.2, 0.25) is 0 Å². The first-order valence-electron chi connectivity index (χ1n) is 3.00. The number of hydrogen-bond acceptors (Lipinski definition) is 2. The van der Waals surface area contributed by atoms with Gasteiger partial charge in [-0.15, -0.1) is 12.6 Å². The molecule has 0 saturated carbocycles. The molecule has 0 spiro atoms. The van der Waals surface area contributed by atoms with Crippen LogP contribution in [0.15, 0.2) is 29.2 Å². The van der Waals surface area contributed by atoms with Gasteiger partial charge in [-0.2, -0.15) is 0 Å². The van der Waals surface area contributed by atoms with Gasteiger partial charge < -0.3 is 0 Å². The second-order valence-electron chi connectivity index (χ2n) is 2.10. The molecule has 0 N–H and O–H groups in total. The first kappa shape index (κ1) is 10.2. The van der Waals surface area contributed by atoms with Gasteiger partial charge in [0.05, 0.1) is 0 Å². The molecule has 0 atom stereocenters. The predicted octanol–water partition coefficient (Wildman–Crippen LogP) is 2.81. The third-order valence-corrected chi connectivity index (χ3v) is 1.57. The summed E-state index contributed by atoms with van der Waals surface area (Å²) in [6, 6.07) is 7.15. The molecule has 0 aliphatic carbocycles. The summed E-state index contributed by atoms with van der Waals surface area (Å²) in [4.78, 5) is 11.6. The molecule has 0 unspecified atom stereocenters. The van der Waals surface area contributed by atoms with Gasteiger partial charge in [0.15, 0.2) is 5.78 Å². The molecular formula is C9H12OS. The van der Waals surface area contributed by atoms with Crippen molar-refractivity contribution in [2.75, 3.05) is 0 Å². The van der Waals surface area contributed by atoms with E-state index in [9.17, 15) is 4.79 Å². The Balaban J connectivity index is 0.000001000. The Morgan fingerprint density at radius 3 is 2.09 bits per heavy atom. The van der Waals surface area contributed by atoms with E-state index in [1.165, 1.54) is 0 Å². The lowest BCUT2D eigenvalue weighted by atomic mass is 10.2. The lowest BCUT2D eigenvalue weighted by Crippen LogP contribution is -1.89. The predicted molar refractivity (Wildman–Crippen MR) is 50.4 cm³/mol. The molecule has 1 aromatic rings. The average Bonchev–Trinajstić information content (AvgIpc) is 1.88. The summed E-state index contributed by atoms with van der Waals surface area (Å²) in [7, 11) is 0. The monoisotopic (exact) mass is 168 g/mol. The summed E-state index contributed by atoms with van der Waals surface area (Å²) in [5.41, 5.74) is 0.734. The van der Waals surface area contributed by atoms with Crippen LogP contribution in [-0.2, 0) is 0 Å². The van der Waals surface area contributed by atoms with Gasteiger partial charge in [0.1, 0.15) is 0 Å². The molecule has 0 aliphatic heterocycles. The summed E-state index contributed by atoms with van der Waals surface area (Å²) in [6.45, 7) is 1.55. The van der Waals surface area contributed by atoms with E-state index in [1.807, 2.05) is 0 Å². The number of Topliss-reactive ketones (excluding diaryl/α,β-unsaturated/α-hetero) is 1. The topological polar surface area (TPSA) is 17.1 Å². The van der Waals surface area contributed by atoms with Gasteiger partial charge in [0.25, 0.3) is 0 Å². The number of carbonyl (C=O) groups excluding carboxylic acids is 1. The van der Waals surface area contributed by atoms with Crippen molar-refractivity contribution in [1.82, 2.24) is 0 Å². The third-order valence-electron chi connectivity index (χ3n) is 1.27. The summed E-state index contributed by atoms with van der Waals surface area (Å²) in [6.07, 6.45) is 0. The fourth-order valence-electron chi connectivity index (χ4n) is 0.696. The number of rotatable bonds is 1. The van der Waals surface area contributed by atoms with Gasteiger partial charge in [0.2, 0.25) is 0 Å². The summed E-state index contributed by atoms with van der Waals surface area (Å²) in [5.74, 6) is 0.0910. The van der Waals surface area contributed by atoms with Crippen molar-refractivity contribution in [3.63, 3.8) is 0 Å². The highest BCUT2D eigenvalue weighted by Crippen LogP contribution is 2.07. The molecule has 0 radical (unpaired) electrons. The quantitative estimate of drug-likeness (QED) is 0.504. The second kappa shape index (κ2) is 4.19.